The van der Waals surface area contributed by atoms with Crippen molar-refractivity contribution in [2.45, 2.75) is 11.4 Å². The molecule has 3 aromatic carbocycles. The van der Waals surface area contributed by atoms with Gasteiger partial charge in [-0.3, -0.25) is 4.79 Å². The number of hydrogen-bond acceptors (Lipinski definition) is 5. The lowest BCUT2D eigenvalue weighted by Gasteiger charge is -2.22. The van der Waals surface area contributed by atoms with Gasteiger partial charge in [-0.05, 0) is 54.1 Å². The highest BCUT2D eigenvalue weighted by molar-refractivity contribution is 7.89. The van der Waals surface area contributed by atoms with Gasteiger partial charge in [0.25, 0.3) is 0 Å². The zero-order valence-electron chi connectivity index (χ0n) is 17.9. The Hall–Kier alpha value is -3.14. The van der Waals surface area contributed by atoms with Crippen LogP contribution in [-0.4, -0.2) is 39.4 Å². The summed E-state index contributed by atoms with van der Waals surface area (Å²) in [5, 5.41) is 3.04. The van der Waals surface area contributed by atoms with Crippen LogP contribution in [0.3, 0.4) is 0 Å². The molecule has 7 nitrogen and oxygen atoms in total. The molecule has 0 atom stereocenters. The molecule has 10 heteroatoms. The van der Waals surface area contributed by atoms with E-state index in [1.165, 1.54) is 62.8 Å². The molecule has 3 aromatic rings. The standard InChI is InChI=1S/C23H22ClFN2O5S/c1-31-19-9-12-22(32-2)21(13-19)26-23(28)15-27(14-16-3-7-18(25)8-4-16)33(29,30)20-10-5-17(24)6-11-20/h3-13H,14-15H2,1-2H3,(H,26,28). The summed E-state index contributed by atoms with van der Waals surface area (Å²) >= 11 is 5.88. The number of nitrogens with zero attached hydrogens (tertiary/aromatic N) is 1. The van der Waals surface area contributed by atoms with E-state index in [4.69, 9.17) is 21.1 Å². The highest BCUT2D eigenvalue weighted by atomic mass is 35.5. The van der Waals surface area contributed by atoms with Gasteiger partial charge >= 0.3 is 0 Å². The quantitative estimate of drug-likeness (QED) is 0.480. The average Bonchev–Trinajstić information content (AvgIpc) is 2.80. The van der Waals surface area contributed by atoms with Crippen molar-refractivity contribution >= 4 is 33.2 Å². The van der Waals surface area contributed by atoms with Crippen LogP contribution in [0.15, 0.2) is 71.6 Å². The third-order valence-corrected chi connectivity index (χ3v) is 6.78. The van der Waals surface area contributed by atoms with Crippen LogP contribution in [0.5, 0.6) is 11.5 Å². The third-order valence-electron chi connectivity index (χ3n) is 4.72. The first-order chi connectivity index (χ1) is 15.7. The van der Waals surface area contributed by atoms with Crippen LogP contribution in [-0.2, 0) is 21.4 Å². The molecule has 0 aromatic heterocycles. The molecular formula is C23H22ClFN2O5S. The molecule has 0 fully saturated rings. The average molecular weight is 493 g/mol. The number of methoxy groups -OCH3 is 2. The van der Waals surface area contributed by atoms with Crippen molar-refractivity contribution in [3.63, 3.8) is 0 Å². The van der Waals surface area contributed by atoms with Gasteiger partial charge in [-0.2, -0.15) is 4.31 Å². The Morgan fingerprint density at radius 2 is 1.67 bits per heavy atom. The number of carbonyl (C=O) groups excluding carboxylic acids is 1. The Labute approximate surface area is 196 Å². The highest BCUT2D eigenvalue weighted by Gasteiger charge is 2.27. The molecule has 0 aliphatic heterocycles. The first kappa shape index (κ1) is 24.5. The molecule has 0 saturated heterocycles. The van der Waals surface area contributed by atoms with Crippen LogP contribution < -0.4 is 14.8 Å². The molecule has 0 saturated carbocycles. The van der Waals surface area contributed by atoms with E-state index in [1.54, 1.807) is 18.2 Å². The number of amides is 1. The molecular weight excluding hydrogens is 471 g/mol. The smallest absolute Gasteiger partial charge is 0.243 e. The Bertz CT molecular complexity index is 1220. The largest absolute Gasteiger partial charge is 0.497 e. The number of sulfonamides is 1. The lowest BCUT2D eigenvalue weighted by molar-refractivity contribution is -0.116. The number of nitrogens with one attached hydrogen (secondary N) is 1. The van der Waals surface area contributed by atoms with Gasteiger partial charge in [0.2, 0.25) is 15.9 Å². The fourth-order valence-corrected chi connectivity index (χ4v) is 4.55. The van der Waals surface area contributed by atoms with Crippen molar-refractivity contribution in [3.05, 3.63) is 83.1 Å². The molecule has 0 spiro atoms. The van der Waals surface area contributed by atoms with Gasteiger partial charge in [-0.15, -0.1) is 0 Å². The number of halogens is 2. The summed E-state index contributed by atoms with van der Waals surface area (Å²) in [6.07, 6.45) is 0. The van der Waals surface area contributed by atoms with Crippen LogP contribution >= 0.6 is 11.6 Å². The van der Waals surface area contributed by atoms with Gasteiger partial charge in [-0.1, -0.05) is 23.7 Å². The molecule has 0 bridgehead atoms. The summed E-state index contributed by atoms with van der Waals surface area (Å²) in [6, 6.07) is 15.8. The van der Waals surface area contributed by atoms with E-state index in [9.17, 15) is 17.6 Å². The predicted molar refractivity (Wildman–Crippen MR) is 124 cm³/mol. The summed E-state index contributed by atoms with van der Waals surface area (Å²) in [5.41, 5.74) is 0.841. The summed E-state index contributed by atoms with van der Waals surface area (Å²) in [4.78, 5) is 12.8. The first-order valence-corrected chi connectivity index (χ1v) is 11.6. The fraction of sp³-hybridized carbons (Fsp3) is 0.174. The predicted octanol–water partition coefficient (Wildman–Crippen LogP) is 4.33. The van der Waals surface area contributed by atoms with Crippen molar-refractivity contribution in [1.29, 1.82) is 0 Å². The maximum Gasteiger partial charge on any atom is 0.243 e. The monoisotopic (exact) mass is 492 g/mol. The van der Waals surface area contributed by atoms with E-state index >= 15 is 0 Å². The molecule has 174 valence electrons. The van der Waals surface area contributed by atoms with Gasteiger partial charge in [-0.25, -0.2) is 12.8 Å². The van der Waals surface area contributed by atoms with Crippen molar-refractivity contribution < 1.29 is 27.1 Å². The van der Waals surface area contributed by atoms with Crippen molar-refractivity contribution in [3.8, 4) is 11.5 Å². The normalized spacial score (nSPS) is 11.3. The molecule has 33 heavy (non-hydrogen) atoms. The molecule has 1 N–H and O–H groups in total. The summed E-state index contributed by atoms with van der Waals surface area (Å²) in [6.45, 7) is -0.642. The topological polar surface area (TPSA) is 84.9 Å². The number of benzene rings is 3. The summed E-state index contributed by atoms with van der Waals surface area (Å²) in [5.74, 6) is -0.173. The zero-order chi connectivity index (χ0) is 24.0. The number of anilines is 1. The van der Waals surface area contributed by atoms with Crippen LogP contribution in [0.1, 0.15) is 5.56 Å². The number of carbonyl (C=O) groups is 1. The van der Waals surface area contributed by atoms with Crippen molar-refractivity contribution in [2.75, 3.05) is 26.1 Å². The van der Waals surface area contributed by atoms with Crippen LogP contribution in [0.2, 0.25) is 5.02 Å². The number of ether oxygens (including phenoxy) is 2. The molecule has 0 unspecified atom stereocenters. The second-order valence-corrected chi connectivity index (χ2v) is 9.34. The maximum atomic E-state index is 13.3. The third kappa shape index (κ3) is 6.22. The van der Waals surface area contributed by atoms with Crippen LogP contribution in [0, 0.1) is 5.82 Å². The SMILES string of the molecule is COc1ccc(OC)c(NC(=O)CN(Cc2ccc(F)cc2)S(=O)(=O)c2ccc(Cl)cc2)c1. The van der Waals surface area contributed by atoms with E-state index in [1.807, 2.05) is 0 Å². The van der Waals surface area contributed by atoms with E-state index in [-0.39, 0.29) is 11.4 Å². The van der Waals surface area contributed by atoms with Gasteiger partial charge in [0.1, 0.15) is 17.3 Å². The van der Waals surface area contributed by atoms with Crippen molar-refractivity contribution in [2.24, 2.45) is 0 Å². The minimum atomic E-state index is -4.08. The van der Waals surface area contributed by atoms with Crippen molar-refractivity contribution in [1.82, 2.24) is 4.31 Å². The lowest BCUT2D eigenvalue weighted by atomic mass is 10.2. The molecule has 0 aliphatic carbocycles. The first-order valence-electron chi connectivity index (χ1n) is 9.75. The van der Waals surface area contributed by atoms with Gasteiger partial charge in [0.05, 0.1) is 31.3 Å². The Kier molecular flexibility index (Phi) is 7.91. The van der Waals surface area contributed by atoms with Crippen LogP contribution in [0.25, 0.3) is 0 Å². The second-order valence-electron chi connectivity index (χ2n) is 6.97. The van der Waals surface area contributed by atoms with Crippen LogP contribution in [0.4, 0.5) is 10.1 Å². The fourth-order valence-electron chi connectivity index (χ4n) is 3.04. The molecule has 0 heterocycles. The Morgan fingerprint density at radius 1 is 1.00 bits per heavy atom. The maximum absolute atomic E-state index is 13.3. The van der Waals surface area contributed by atoms with E-state index in [0.717, 1.165) is 4.31 Å². The van der Waals surface area contributed by atoms with E-state index < -0.39 is 28.3 Å². The number of hydrogen-bond donors (Lipinski definition) is 1. The minimum Gasteiger partial charge on any atom is -0.497 e. The van der Waals surface area contributed by atoms with Gasteiger partial charge in [0, 0.05) is 17.6 Å². The Balaban J connectivity index is 1.90. The van der Waals surface area contributed by atoms with Gasteiger partial charge in [0.15, 0.2) is 0 Å². The summed E-state index contributed by atoms with van der Waals surface area (Å²) in [7, 11) is -1.15. The summed E-state index contributed by atoms with van der Waals surface area (Å²) < 4.78 is 51.4. The highest BCUT2D eigenvalue weighted by Crippen LogP contribution is 2.29. The van der Waals surface area contributed by atoms with E-state index in [2.05, 4.69) is 5.32 Å². The Morgan fingerprint density at radius 3 is 2.27 bits per heavy atom. The molecule has 1 amide bonds. The molecule has 0 radical (unpaired) electrons. The zero-order valence-corrected chi connectivity index (χ0v) is 19.5. The second kappa shape index (κ2) is 10.7. The number of rotatable bonds is 9. The van der Waals surface area contributed by atoms with E-state index in [0.29, 0.717) is 27.8 Å². The van der Waals surface area contributed by atoms with Gasteiger partial charge < -0.3 is 14.8 Å². The lowest BCUT2D eigenvalue weighted by Crippen LogP contribution is -2.37. The minimum absolute atomic E-state index is 0.0271. The molecule has 3 rings (SSSR count). The molecule has 0 aliphatic rings.